The molecule has 0 radical (unpaired) electrons. The van der Waals surface area contributed by atoms with Crippen LogP contribution in [0.3, 0.4) is 0 Å². The minimum atomic E-state index is -0.980. The molecule has 1 fully saturated rings. The lowest BCUT2D eigenvalue weighted by atomic mass is 10.2. The number of nitrogens with one attached hydrogen (secondary N) is 1. The number of carboxylic acid groups (broad SMARTS) is 1. The molecule has 0 saturated carbocycles. The van der Waals surface area contributed by atoms with Crippen LogP contribution in [0.25, 0.3) is 0 Å². The molecule has 0 bridgehead atoms. The van der Waals surface area contributed by atoms with Crippen LogP contribution in [0.2, 0.25) is 0 Å². The van der Waals surface area contributed by atoms with Gasteiger partial charge in [0, 0.05) is 28.9 Å². The van der Waals surface area contributed by atoms with E-state index < -0.39 is 12.0 Å². The van der Waals surface area contributed by atoms with Gasteiger partial charge < -0.3 is 10.4 Å². The summed E-state index contributed by atoms with van der Waals surface area (Å²) >= 11 is 3.66. The number of hydrogen-bond donors (Lipinski definition) is 2. The maximum Gasteiger partial charge on any atom is 0.326 e. The molecule has 18 heavy (non-hydrogen) atoms. The quantitative estimate of drug-likeness (QED) is 0.729. The van der Waals surface area contributed by atoms with Crippen molar-refractivity contribution in [1.82, 2.24) is 5.32 Å². The van der Waals surface area contributed by atoms with E-state index in [0.29, 0.717) is 18.1 Å². The zero-order valence-electron chi connectivity index (χ0n) is 10.4. The van der Waals surface area contributed by atoms with Gasteiger partial charge in [-0.3, -0.25) is 4.79 Å². The molecule has 0 aromatic heterocycles. The summed E-state index contributed by atoms with van der Waals surface area (Å²) in [7, 11) is 0. The topological polar surface area (TPSA) is 66.4 Å². The third-order valence-electron chi connectivity index (χ3n) is 2.54. The van der Waals surface area contributed by atoms with Crippen molar-refractivity contribution in [3.63, 3.8) is 0 Å². The SMILES string of the molecule is C/C=C/CC(NC(=O)CC1CSCCS1)C(=O)O. The first-order valence-corrected chi connectivity index (χ1v) is 8.16. The van der Waals surface area contributed by atoms with E-state index >= 15 is 0 Å². The van der Waals surface area contributed by atoms with Crippen LogP contribution in [0, 0.1) is 0 Å². The molecule has 1 aliphatic heterocycles. The third-order valence-corrected chi connectivity index (χ3v) is 5.38. The average molecular weight is 289 g/mol. The Kier molecular flexibility index (Phi) is 7.27. The molecule has 1 aliphatic rings. The number of allylic oxidation sites excluding steroid dienone is 1. The van der Waals surface area contributed by atoms with E-state index in [4.69, 9.17) is 5.11 Å². The van der Waals surface area contributed by atoms with E-state index in [1.165, 1.54) is 0 Å². The highest BCUT2D eigenvalue weighted by Crippen LogP contribution is 2.26. The predicted molar refractivity (Wildman–Crippen MR) is 77.2 cm³/mol. The first-order valence-electron chi connectivity index (χ1n) is 5.96. The van der Waals surface area contributed by atoms with Gasteiger partial charge in [0.15, 0.2) is 0 Å². The number of carbonyl (C=O) groups is 2. The van der Waals surface area contributed by atoms with Crippen molar-refractivity contribution in [2.75, 3.05) is 17.3 Å². The molecular formula is C12H19NO3S2. The molecule has 2 atom stereocenters. The summed E-state index contributed by atoms with van der Waals surface area (Å²) in [5, 5.41) is 11.9. The second kappa shape index (κ2) is 8.48. The first kappa shape index (κ1) is 15.4. The van der Waals surface area contributed by atoms with Crippen molar-refractivity contribution in [1.29, 1.82) is 0 Å². The molecule has 6 heteroatoms. The van der Waals surface area contributed by atoms with Crippen molar-refractivity contribution in [2.24, 2.45) is 0 Å². The van der Waals surface area contributed by atoms with Crippen molar-refractivity contribution >= 4 is 35.4 Å². The fourth-order valence-corrected chi connectivity index (χ4v) is 4.29. The van der Waals surface area contributed by atoms with Gasteiger partial charge in [0.05, 0.1) is 0 Å². The van der Waals surface area contributed by atoms with E-state index in [1.807, 2.05) is 18.7 Å². The second-order valence-corrected chi connectivity index (χ2v) is 6.59. The molecule has 2 N–H and O–H groups in total. The summed E-state index contributed by atoms with van der Waals surface area (Å²) in [6, 6.07) is -0.810. The van der Waals surface area contributed by atoms with Crippen LogP contribution >= 0.6 is 23.5 Å². The van der Waals surface area contributed by atoms with Crippen molar-refractivity contribution in [3.8, 4) is 0 Å². The van der Waals surface area contributed by atoms with Gasteiger partial charge in [-0.15, -0.1) is 0 Å². The molecule has 0 aromatic carbocycles. The minimum Gasteiger partial charge on any atom is -0.480 e. The number of thioether (sulfide) groups is 2. The van der Waals surface area contributed by atoms with Gasteiger partial charge in [-0.2, -0.15) is 23.5 Å². The molecule has 1 heterocycles. The molecule has 4 nitrogen and oxygen atoms in total. The summed E-state index contributed by atoms with van der Waals surface area (Å²) in [4.78, 5) is 22.7. The van der Waals surface area contributed by atoms with Crippen LogP contribution in [0.1, 0.15) is 19.8 Å². The van der Waals surface area contributed by atoms with Crippen LogP contribution in [0.4, 0.5) is 0 Å². The Morgan fingerprint density at radius 3 is 2.83 bits per heavy atom. The molecular weight excluding hydrogens is 270 g/mol. The summed E-state index contributed by atoms with van der Waals surface area (Å²) in [6.45, 7) is 1.83. The molecule has 2 unspecified atom stereocenters. The standard InChI is InChI=1S/C12H19NO3S2/c1-2-3-4-10(12(15)16)13-11(14)7-9-8-17-5-6-18-9/h2-3,9-10H,4-8H2,1H3,(H,13,14)(H,15,16)/b3-2+. The second-order valence-electron chi connectivity index (χ2n) is 4.03. The van der Waals surface area contributed by atoms with Gasteiger partial charge in [0.25, 0.3) is 0 Å². The summed E-state index contributed by atoms with van der Waals surface area (Å²) in [6.07, 6.45) is 4.29. The van der Waals surface area contributed by atoms with Crippen LogP contribution in [0.15, 0.2) is 12.2 Å². The van der Waals surface area contributed by atoms with Gasteiger partial charge in [-0.1, -0.05) is 12.2 Å². The van der Waals surface area contributed by atoms with Crippen LogP contribution in [-0.2, 0) is 9.59 Å². The lowest BCUT2D eigenvalue weighted by Crippen LogP contribution is -2.41. The third kappa shape index (κ3) is 5.82. The number of amides is 1. The number of carboxylic acids is 1. The van der Waals surface area contributed by atoms with E-state index in [1.54, 1.807) is 23.9 Å². The highest BCUT2D eigenvalue weighted by atomic mass is 32.2. The molecule has 102 valence electrons. The molecule has 1 amide bonds. The molecule has 0 aromatic rings. The van der Waals surface area contributed by atoms with Gasteiger partial charge in [0.1, 0.15) is 6.04 Å². The van der Waals surface area contributed by atoms with E-state index in [0.717, 1.165) is 17.3 Å². The Labute approximate surface area is 116 Å². The number of rotatable bonds is 6. The Bertz CT molecular complexity index is 314. The molecule has 0 spiro atoms. The zero-order valence-corrected chi connectivity index (χ0v) is 12.1. The van der Waals surface area contributed by atoms with Crippen LogP contribution < -0.4 is 5.32 Å². The van der Waals surface area contributed by atoms with E-state index in [9.17, 15) is 9.59 Å². The lowest BCUT2D eigenvalue weighted by Gasteiger charge is -2.21. The average Bonchev–Trinajstić information content (AvgIpc) is 2.35. The molecule has 0 aliphatic carbocycles. The Balaban J connectivity index is 2.37. The monoisotopic (exact) mass is 289 g/mol. The predicted octanol–water partition coefficient (Wildman–Crippen LogP) is 1.76. The highest BCUT2D eigenvalue weighted by Gasteiger charge is 2.22. The smallest absolute Gasteiger partial charge is 0.326 e. The Morgan fingerprint density at radius 1 is 1.50 bits per heavy atom. The number of hydrogen-bond acceptors (Lipinski definition) is 4. The largest absolute Gasteiger partial charge is 0.480 e. The Hall–Kier alpha value is -0.620. The first-order chi connectivity index (χ1) is 8.63. The lowest BCUT2D eigenvalue weighted by molar-refractivity contribution is -0.141. The van der Waals surface area contributed by atoms with E-state index in [-0.39, 0.29) is 5.91 Å². The summed E-state index contributed by atoms with van der Waals surface area (Å²) < 4.78 is 0. The van der Waals surface area contributed by atoms with Crippen LogP contribution in [-0.4, -0.2) is 45.5 Å². The van der Waals surface area contributed by atoms with Crippen molar-refractivity contribution in [2.45, 2.75) is 31.1 Å². The highest BCUT2D eigenvalue weighted by molar-refractivity contribution is 8.06. The fourth-order valence-electron chi connectivity index (χ4n) is 1.61. The van der Waals surface area contributed by atoms with Crippen molar-refractivity contribution in [3.05, 3.63) is 12.2 Å². The number of aliphatic carboxylic acids is 1. The van der Waals surface area contributed by atoms with Gasteiger partial charge >= 0.3 is 5.97 Å². The number of carbonyl (C=O) groups excluding carboxylic acids is 1. The van der Waals surface area contributed by atoms with Crippen molar-refractivity contribution < 1.29 is 14.7 Å². The minimum absolute atomic E-state index is 0.160. The summed E-state index contributed by atoms with van der Waals surface area (Å²) in [5.41, 5.74) is 0. The zero-order chi connectivity index (χ0) is 13.4. The summed E-state index contributed by atoms with van der Waals surface area (Å²) in [5.74, 6) is 2.05. The van der Waals surface area contributed by atoms with E-state index in [2.05, 4.69) is 5.32 Å². The normalized spacial score (nSPS) is 21.7. The van der Waals surface area contributed by atoms with Gasteiger partial charge in [-0.25, -0.2) is 4.79 Å². The van der Waals surface area contributed by atoms with Gasteiger partial charge in [-0.05, 0) is 13.3 Å². The Morgan fingerprint density at radius 2 is 2.28 bits per heavy atom. The molecule has 1 saturated heterocycles. The van der Waals surface area contributed by atoms with Gasteiger partial charge in [0.2, 0.25) is 5.91 Å². The maximum atomic E-state index is 11.8. The van der Waals surface area contributed by atoms with Crippen LogP contribution in [0.5, 0.6) is 0 Å². The fraction of sp³-hybridized carbons (Fsp3) is 0.667. The maximum absolute atomic E-state index is 11.8. The molecule has 1 rings (SSSR count).